The van der Waals surface area contributed by atoms with E-state index in [1.807, 2.05) is 0 Å². The number of nitrogens with zero attached hydrogens (tertiary/aromatic N) is 1. The maximum Gasteiger partial charge on any atom is 0.0460 e. The van der Waals surface area contributed by atoms with Gasteiger partial charge in [0, 0.05) is 13.2 Å². The molecule has 1 N–H and O–H groups in total. The zero-order valence-electron chi connectivity index (χ0n) is 10.4. The van der Waals surface area contributed by atoms with Gasteiger partial charge in [-0.1, -0.05) is 29.8 Å². The van der Waals surface area contributed by atoms with Gasteiger partial charge in [0.05, 0.1) is 0 Å². The molecule has 1 fully saturated rings. The third-order valence-corrected chi connectivity index (χ3v) is 3.49. The second-order valence-corrected chi connectivity index (χ2v) is 4.89. The number of aliphatic hydroxyl groups excluding tert-OH is 1. The maximum atomic E-state index is 9.08. The van der Waals surface area contributed by atoms with Crippen LogP contribution < -0.4 is 0 Å². The van der Waals surface area contributed by atoms with Crippen molar-refractivity contribution in [2.24, 2.45) is 5.92 Å². The van der Waals surface area contributed by atoms with Crippen molar-refractivity contribution in [3.05, 3.63) is 35.4 Å². The number of likely N-dealkylation sites (tertiary alicyclic amines) is 1. The Morgan fingerprint density at radius 2 is 1.76 bits per heavy atom. The highest BCUT2D eigenvalue weighted by molar-refractivity contribution is 5.85. The van der Waals surface area contributed by atoms with E-state index in [1.54, 1.807) is 0 Å². The van der Waals surface area contributed by atoms with Crippen molar-refractivity contribution < 1.29 is 5.11 Å². The fraction of sp³-hybridized carbons (Fsp3) is 0.571. The summed E-state index contributed by atoms with van der Waals surface area (Å²) in [6.45, 7) is 5.78. The number of aryl methyl sites for hydroxylation is 1. The molecule has 17 heavy (non-hydrogen) atoms. The molecule has 0 amide bonds. The Kier molecular flexibility index (Phi) is 5.96. The standard InChI is InChI=1S/C14H21NO.ClH/c1-12-2-4-13(5-3-12)10-15-8-6-14(11-16)7-9-15;/h2-5,14,16H,6-11H2,1H3;1H. The third kappa shape index (κ3) is 4.30. The Bertz CT molecular complexity index is 317. The van der Waals surface area contributed by atoms with Crippen LogP contribution in [-0.2, 0) is 6.54 Å². The molecule has 3 heteroatoms. The molecule has 2 rings (SSSR count). The Morgan fingerprint density at radius 3 is 2.29 bits per heavy atom. The number of halogens is 1. The fourth-order valence-electron chi connectivity index (χ4n) is 2.28. The lowest BCUT2D eigenvalue weighted by Gasteiger charge is -2.31. The van der Waals surface area contributed by atoms with E-state index in [1.165, 1.54) is 11.1 Å². The molecule has 0 saturated carbocycles. The molecule has 1 saturated heterocycles. The van der Waals surface area contributed by atoms with Crippen LogP contribution in [0.2, 0.25) is 0 Å². The SMILES string of the molecule is Cc1ccc(CN2CCC(CO)CC2)cc1.Cl. The number of aliphatic hydroxyl groups is 1. The van der Waals surface area contributed by atoms with Crippen molar-refractivity contribution >= 4 is 12.4 Å². The molecule has 1 heterocycles. The molecule has 1 aromatic carbocycles. The smallest absolute Gasteiger partial charge is 0.0460 e. The van der Waals surface area contributed by atoms with E-state index in [9.17, 15) is 0 Å². The minimum absolute atomic E-state index is 0. The lowest BCUT2D eigenvalue weighted by atomic mass is 9.97. The van der Waals surface area contributed by atoms with Gasteiger partial charge in [-0.05, 0) is 44.3 Å². The number of hydrogen-bond acceptors (Lipinski definition) is 2. The van der Waals surface area contributed by atoms with Crippen LogP contribution in [0.4, 0.5) is 0 Å². The van der Waals surface area contributed by atoms with Crippen LogP contribution in [0, 0.1) is 12.8 Å². The molecule has 0 aliphatic carbocycles. The van der Waals surface area contributed by atoms with Gasteiger partial charge < -0.3 is 5.11 Å². The van der Waals surface area contributed by atoms with Crippen LogP contribution in [0.5, 0.6) is 0 Å². The minimum Gasteiger partial charge on any atom is -0.396 e. The molecule has 0 aromatic heterocycles. The van der Waals surface area contributed by atoms with Crippen LogP contribution >= 0.6 is 12.4 Å². The predicted molar refractivity (Wildman–Crippen MR) is 73.5 cm³/mol. The van der Waals surface area contributed by atoms with Gasteiger partial charge in [0.2, 0.25) is 0 Å². The van der Waals surface area contributed by atoms with Crippen molar-refractivity contribution in [2.45, 2.75) is 26.3 Å². The van der Waals surface area contributed by atoms with Gasteiger partial charge >= 0.3 is 0 Å². The Balaban J connectivity index is 0.00000144. The van der Waals surface area contributed by atoms with Gasteiger partial charge in [0.25, 0.3) is 0 Å². The van der Waals surface area contributed by atoms with Crippen LogP contribution in [0.1, 0.15) is 24.0 Å². The molecule has 96 valence electrons. The van der Waals surface area contributed by atoms with E-state index in [0.29, 0.717) is 12.5 Å². The largest absolute Gasteiger partial charge is 0.396 e. The van der Waals surface area contributed by atoms with E-state index in [0.717, 1.165) is 32.5 Å². The summed E-state index contributed by atoms with van der Waals surface area (Å²) in [4.78, 5) is 2.48. The monoisotopic (exact) mass is 255 g/mol. The predicted octanol–water partition coefficient (Wildman–Crippen LogP) is 2.62. The van der Waals surface area contributed by atoms with E-state index in [-0.39, 0.29) is 12.4 Å². The summed E-state index contributed by atoms with van der Waals surface area (Å²) in [6.07, 6.45) is 2.28. The van der Waals surface area contributed by atoms with Crippen LogP contribution in [0.15, 0.2) is 24.3 Å². The summed E-state index contributed by atoms with van der Waals surface area (Å²) in [5, 5.41) is 9.08. The summed E-state index contributed by atoms with van der Waals surface area (Å²) >= 11 is 0. The molecule has 2 nitrogen and oxygen atoms in total. The summed E-state index contributed by atoms with van der Waals surface area (Å²) < 4.78 is 0. The zero-order chi connectivity index (χ0) is 11.4. The fourth-order valence-corrected chi connectivity index (χ4v) is 2.28. The molecule has 0 bridgehead atoms. The molecular weight excluding hydrogens is 234 g/mol. The lowest BCUT2D eigenvalue weighted by molar-refractivity contribution is 0.127. The molecule has 0 radical (unpaired) electrons. The summed E-state index contributed by atoms with van der Waals surface area (Å²) in [5.41, 5.74) is 2.72. The van der Waals surface area contributed by atoms with Crippen molar-refractivity contribution in [1.29, 1.82) is 0 Å². The summed E-state index contributed by atoms with van der Waals surface area (Å²) in [7, 11) is 0. The highest BCUT2D eigenvalue weighted by Gasteiger charge is 2.18. The van der Waals surface area contributed by atoms with Crippen molar-refractivity contribution in [1.82, 2.24) is 4.90 Å². The van der Waals surface area contributed by atoms with E-state index in [2.05, 4.69) is 36.1 Å². The molecule has 0 unspecified atom stereocenters. The van der Waals surface area contributed by atoms with Gasteiger partial charge in [0.15, 0.2) is 0 Å². The molecule has 0 atom stereocenters. The maximum absolute atomic E-state index is 9.08. The molecule has 0 spiro atoms. The third-order valence-electron chi connectivity index (χ3n) is 3.49. The van der Waals surface area contributed by atoms with Crippen molar-refractivity contribution in [3.8, 4) is 0 Å². The minimum atomic E-state index is 0. The Labute approximate surface area is 110 Å². The van der Waals surface area contributed by atoms with Gasteiger partial charge in [-0.2, -0.15) is 0 Å². The Morgan fingerprint density at radius 1 is 1.18 bits per heavy atom. The first-order valence-electron chi connectivity index (χ1n) is 6.16. The number of piperidine rings is 1. The zero-order valence-corrected chi connectivity index (χ0v) is 11.2. The van der Waals surface area contributed by atoms with Gasteiger partial charge in [-0.3, -0.25) is 4.90 Å². The average molecular weight is 256 g/mol. The van der Waals surface area contributed by atoms with Gasteiger partial charge in [-0.25, -0.2) is 0 Å². The van der Waals surface area contributed by atoms with Crippen molar-refractivity contribution in [2.75, 3.05) is 19.7 Å². The first kappa shape index (κ1) is 14.5. The van der Waals surface area contributed by atoms with Crippen molar-refractivity contribution in [3.63, 3.8) is 0 Å². The highest BCUT2D eigenvalue weighted by atomic mass is 35.5. The molecule has 1 aliphatic rings. The molecular formula is C14H22ClNO. The molecule has 1 aromatic rings. The van der Waals surface area contributed by atoms with Crippen LogP contribution in [0.25, 0.3) is 0 Å². The molecule has 1 aliphatic heterocycles. The summed E-state index contributed by atoms with van der Waals surface area (Å²) in [5.74, 6) is 0.536. The van der Waals surface area contributed by atoms with Crippen LogP contribution in [0.3, 0.4) is 0 Å². The number of rotatable bonds is 3. The summed E-state index contributed by atoms with van der Waals surface area (Å²) in [6, 6.07) is 8.78. The second-order valence-electron chi connectivity index (χ2n) is 4.89. The van der Waals surface area contributed by atoms with Gasteiger partial charge in [0.1, 0.15) is 0 Å². The number of hydrogen-bond donors (Lipinski definition) is 1. The van der Waals surface area contributed by atoms with Crippen LogP contribution in [-0.4, -0.2) is 29.7 Å². The van der Waals surface area contributed by atoms with E-state index < -0.39 is 0 Å². The van der Waals surface area contributed by atoms with E-state index in [4.69, 9.17) is 5.11 Å². The quantitative estimate of drug-likeness (QED) is 0.898. The first-order valence-corrected chi connectivity index (χ1v) is 6.16. The van der Waals surface area contributed by atoms with Gasteiger partial charge in [-0.15, -0.1) is 12.4 Å². The highest BCUT2D eigenvalue weighted by Crippen LogP contribution is 2.18. The normalized spacial score (nSPS) is 17.8. The topological polar surface area (TPSA) is 23.5 Å². The Hall–Kier alpha value is -0.570. The van der Waals surface area contributed by atoms with E-state index >= 15 is 0 Å². The second kappa shape index (κ2) is 7.00. The average Bonchev–Trinajstić information content (AvgIpc) is 2.33. The number of benzene rings is 1. The first-order chi connectivity index (χ1) is 7.78. The lowest BCUT2D eigenvalue weighted by Crippen LogP contribution is -2.34.